The Morgan fingerprint density at radius 1 is 1.29 bits per heavy atom. The number of aromatic nitrogens is 2. The largest absolute Gasteiger partial charge is 0.348 e. The van der Waals surface area contributed by atoms with Crippen LogP contribution in [0.2, 0.25) is 0 Å². The molecule has 0 aliphatic carbocycles. The first-order valence-electron chi connectivity index (χ1n) is 7.49. The zero-order valence-electron chi connectivity index (χ0n) is 12.2. The van der Waals surface area contributed by atoms with Crippen LogP contribution in [0.1, 0.15) is 42.6 Å². The third-order valence-electron chi connectivity index (χ3n) is 4.71. The van der Waals surface area contributed by atoms with Crippen LogP contribution in [0.3, 0.4) is 0 Å². The molecule has 2 fully saturated rings. The van der Waals surface area contributed by atoms with Gasteiger partial charge in [0.05, 0.1) is 12.4 Å². The summed E-state index contributed by atoms with van der Waals surface area (Å²) in [6.07, 6.45) is 8.72. The summed E-state index contributed by atoms with van der Waals surface area (Å²) in [5.41, 5.74) is 2.73. The molecule has 2 bridgehead atoms. The van der Waals surface area contributed by atoms with Gasteiger partial charge in [-0.2, -0.15) is 0 Å². The lowest BCUT2D eigenvalue weighted by Gasteiger charge is -2.47. The van der Waals surface area contributed by atoms with Crippen molar-refractivity contribution >= 4 is 11.7 Å². The smallest absolute Gasteiger partial charge is 0.271 e. The standard InChI is InChI=1S/C14H22N6O/c1-20-10-3-2-4-11(20)6-9(5-10)18-14(21)12-7-17-13(19-15)8-16-12/h7-11H,2-6,15H2,1H3,(H,17,19)(H,18,21). The minimum absolute atomic E-state index is 0.154. The molecule has 114 valence electrons. The second-order valence-electron chi connectivity index (χ2n) is 5.98. The van der Waals surface area contributed by atoms with Gasteiger partial charge in [0.2, 0.25) is 0 Å². The number of nitrogen functional groups attached to an aromatic ring is 1. The fourth-order valence-corrected chi connectivity index (χ4v) is 3.51. The van der Waals surface area contributed by atoms with Crippen molar-refractivity contribution in [2.45, 2.75) is 50.2 Å². The predicted molar refractivity (Wildman–Crippen MR) is 79.5 cm³/mol. The summed E-state index contributed by atoms with van der Waals surface area (Å²) in [5, 5.41) is 3.10. The van der Waals surface area contributed by atoms with Crippen molar-refractivity contribution < 1.29 is 4.79 Å². The molecule has 2 aliphatic heterocycles. The monoisotopic (exact) mass is 290 g/mol. The fraction of sp³-hybridized carbons (Fsp3) is 0.643. The van der Waals surface area contributed by atoms with Crippen molar-refractivity contribution in [2.75, 3.05) is 12.5 Å². The Morgan fingerprint density at radius 3 is 2.57 bits per heavy atom. The van der Waals surface area contributed by atoms with Gasteiger partial charge in [0, 0.05) is 18.1 Å². The van der Waals surface area contributed by atoms with E-state index in [0.717, 1.165) is 12.8 Å². The first-order chi connectivity index (χ1) is 10.2. The SMILES string of the molecule is CN1C2CCCC1CC(NC(=O)c1cnc(NN)cn1)C2. The highest BCUT2D eigenvalue weighted by Crippen LogP contribution is 2.32. The molecule has 0 aromatic carbocycles. The molecule has 0 spiro atoms. The molecule has 1 amide bonds. The number of hydrazine groups is 1. The maximum absolute atomic E-state index is 12.2. The molecule has 3 heterocycles. The van der Waals surface area contributed by atoms with E-state index < -0.39 is 0 Å². The third kappa shape index (κ3) is 2.98. The van der Waals surface area contributed by atoms with Crippen molar-refractivity contribution in [3.05, 3.63) is 18.1 Å². The quantitative estimate of drug-likeness (QED) is 0.554. The van der Waals surface area contributed by atoms with E-state index in [9.17, 15) is 4.79 Å². The number of hydrogen-bond acceptors (Lipinski definition) is 6. The third-order valence-corrected chi connectivity index (χ3v) is 4.71. The molecule has 4 N–H and O–H groups in total. The summed E-state index contributed by atoms with van der Waals surface area (Å²) in [5.74, 6) is 5.52. The zero-order valence-corrected chi connectivity index (χ0v) is 12.2. The van der Waals surface area contributed by atoms with Gasteiger partial charge in [-0.25, -0.2) is 15.8 Å². The number of nitrogens with two attached hydrogens (primary N) is 1. The Morgan fingerprint density at radius 2 is 2.00 bits per heavy atom. The van der Waals surface area contributed by atoms with E-state index in [2.05, 4.69) is 32.7 Å². The average Bonchev–Trinajstić information content (AvgIpc) is 2.48. The Balaban J connectivity index is 1.62. The first-order valence-corrected chi connectivity index (χ1v) is 7.49. The van der Waals surface area contributed by atoms with Crippen LogP contribution in [-0.4, -0.2) is 45.9 Å². The maximum atomic E-state index is 12.2. The van der Waals surface area contributed by atoms with Gasteiger partial charge in [0.25, 0.3) is 5.91 Å². The zero-order chi connectivity index (χ0) is 14.8. The number of rotatable bonds is 3. The molecular weight excluding hydrogens is 268 g/mol. The summed E-state index contributed by atoms with van der Waals surface area (Å²) < 4.78 is 0. The fourth-order valence-electron chi connectivity index (χ4n) is 3.51. The minimum Gasteiger partial charge on any atom is -0.348 e. The Bertz CT molecular complexity index is 491. The number of nitrogens with zero attached hydrogens (tertiary/aromatic N) is 3. The number of carbonyl (C=O) groups excluding carboxylic acids is 1. The second kappa shape index (κ2) is 5.95. The number of piperidine rings is 2. The number of carbonyl (C=O) groups is 1. The lowest BCUT2D eigenvalue weighted by atomic mass is 9.82. The molecule has 0 radical (unpaired) electrons. The molecule has 2 aliphatic rings. The molecule has 7 nitrogen and oxygen atoms in total. The Hall–Kier alpha value is -1.73. The first kappa shape index (κ1) is 14.2. The van der Waals surface area contributed by atoms with Crippen LogP contribution < -0.4 is 16.6 Å². The number of hydrogen-bond donors (Lipinski definition) is 3. The molecular formula is C14H22N6O. The second-order valence-corrected chi connectivity index (χ2v) is 5.98. The lowest BCUT2D eigenvalue weighted by molar-refractivity contribution is 0.0462. The van der Waals surface area contributed by atoms with E-state index in [1.807, 2.05) is 0 Å². The van der Waals surface area contributed by atoms with E-state index in [1.54, 1.807) is 0 Å². The van der Waals surface area contributed by atoms with Crippen LogP contribution in [0.5, 0.6) is 0 Å². The van der Waals surface area contributed by atoms with E-state index in [0.29, 0.717) is 23.6 Å². The van der Waals surface area contributed by atoms with Gasteiger partial charge in [-0.3, -0.25) is 4.79 Å². The summed E-state index contributed by atoms with van der Waals surface area (Å²) >= 11 is 0. The highest BCUT2D eigenvalue weighted by atomic mass is 16.1. The van der Waals surface area contributed by atoms with Crippen molar-refractivity contribution in [1.29, 1.82) is 0 Å². The van der Waals surface area contributed by atoms with Crippen LogP contribution in [-0.2, 0) is 0 Å². The summed E-state index contributed by atoms with van der Waals surface area (Å²) in [7, 11) is 2.20. The van der Waals surface area contributed by atoms with Crippen LogP contribution >= 0.6 is 0 Å². The van der Waals surface area contributed by atoms with Gasteiger partial charge in [0.1, 0.15) is 5.69 Å². The topological polar surface area (TPSA) is 96.2 Å². The normalized spacial score (nSPS) is 29.0. The highest BCUT2D eigenvalue weighted by molar-refractivity contribution is 5.92. The van der Waals surface area contributed by atoms with Gasteiger partial charge < -0.3 is 15.6 Å². The summed E-state index contributed by atoms with van der Waals surface area (Å²) in [6.45, 7) is 0. The van der Waals surface area contributed by atoms with Crippen molar-refractivity contribution in [1.82, 2.24) is 20.2 Å². The summed E-state index contributed by atoms with van der Waals surface area (Å²) in [6, 6.07) is 1.42. The highest BCUT2D eigenvalue weighted by Gasteiger charge is 2.36. The van der Waals surface area contributed by atoms with E-state index >= 15 is 0 Å². The lowest BCUT2D eigenvalue weighted by Crippen LogP contribution is -2.55. The van der Waals surface area contributed by atoms with Crippen molar-refractivity contribution in [3.63, 3.8) is 0 Å². The molecule has 2 saturated heterocycles. The van der Waals surface area contributed by atoms with Gasteiger partial charge in [0.15, 0.2) is 5.82 Å². The molecule has 1 aromatic rings. The average molecular weight is 290 g/mol. The van der Waals surface area contributed by atoms with Crippen LogP contribution in [0.25, 0.3) is 0 Å². The van der Waals surface area contributed by atoms with E-state index in [4.69, 9.17) is 5.84 Å². The van der Waals surface area contributed by atoms with Crippen LogP contribution in [0.15, 0.2) is 12.4 Å². The Labute approximate surface area is 124 Å². The molecule has 21 heavy (non-hydrogen) atoms. The number of amides is 1. The maximum Gasteiger partial charge on any atom is 0.271 e. The molecule has 2 atom stereocenters. The van der Waals surface area contributed by atoms with Crippen molar-refractivity contribution in [2.24, 2.45) is 5.84 Å². The van der Waals surface area contributed by atoms with E-state index in [-0.39, 0.29) is 11.9 Å². The summed E-state index contributed by atoms with van der Waals surface area (Å²) in [4.78, 5) is 22.8. The van der Waals surface area contributed by atoms with Gasteiger partial charge in [-0.1, -0.05) is 6.42 Å². The predicted octanol–water partition coefficient (Wildman–Crippen LogP) is 0.507. The van der Waals surface area contributed by atoms with Crippen molar-refractivity contribution in [3.8, 4) is 0 Å². The van der Waals surface area contributed by atoms with Crippen LogP contribution in [0.4, 0.5) is 5.82 Å². The molecule has 3 rings (SSSR count). The number of fused-ring (bicyclic) bond motifs is 2. The van der Waals surface area contributed by atoms with E-state index in [1.165, 1.54) is 31.7 Å². The van der Waals surface area contributed by atoms with Gasteiger partial charge in [-0.15, -0.1) is 0 Å². The van der Waals surface area contributed by atoms with Gasteiger partial charge in [-0.05, 0) is 32.7 Å². The minimum atomic E-state index is -0.154. The molecule has 7 heteroatoms. The molecule has 1 aromatic heterocycles. The molecule has 0 saturated carbocycles. The van der Waals surface area contributed by atoms with Gasteiger partial charge >= 0.3 is 0 Å². The number of nitrogens with one attached hydrogen (secondary N) is 2. The Kier molecular flexibility index (Phi) is 4.03. The number of anilines is 1. The molecule has 2 unspecified atom stereocenters. The van der Waals surface area contributed by atoms with Crippen LogP contribution in [0, 0.1) is 0 Å².